The molecule has 4 rings (SSSR count). The van der Waals surface area contributed by atoms with Crippen LogP contribution in [0.2, 0.25) is 0 Å². The van der Waals surface area contributed by atoms with Gasteiger partial charge in [0.15, 0.2) is 0 Å². The van der Waals surface area contributed by atoms with Crippen LogP contribution in [0.25, 0.3) is 0 Å². The minimum atomic E-state index is -0.695. The van der Waals surface area contributed by atoms with Crippen LogP contribution < -0.4 is 10.2 Å². The first-order chi connectivity index (χ1) is 17.8. The summed E-state index contributed by atoms with van der Waals surface area (Å²) in [6.45, 7) is 2.85. The van der Waals surface area contributed by atoms with E-state index in [9.17, 15) is 14.4 Å². The van der Waals surface area contributed by atoms with Crippen LogP contribution in [-0.2, 0) is 14.3 Å². The average molecular weight is 500 g/mol. The Balaban J connectivity index is 1.72. The lowest BCUT2D eigenvalue weighted by atomic mass is 9.91. The van der Waals surface area contributed by atoms with E-state index in [0.29, 0.717) is 40.3 Å². The van der Waals surface area contributed by atoms with Crippen LogP contribution in [0.1, 0.15) is 34.3 Å². The van der Waals surface area contributed by atoms with Crippen molar-refractivity contribution in [2.75, 3.05) is 44.5 Å². The van der Waals surface area contributed by atoms with E-state index >= 15 is 0 Å². The lowest BCUT2D eigenvalue weighted by molar-refractivity contribution is -0.117. The van der Waals surface area contributed by atoms with Crippen LogP contribution >= 0.6 is 0 Å². The quantitative estimate of drug-likeness (QED) is 0.375. The smallest absolute Gasteiger partial charge is 0.337 e. The third-order valence-corrected chi connectivity index (χ3v) is 6.10. The molecule has 1 aliphatic rings. The van der Waals surface area contributed by atoms with Crippen LogP contribution in [0, 0.1) is 0 Å². The fraction of sp³-hybridized carbons (Fsp3) is 0.250. The summed E-state index contributed by atoms with van der Waals surface area (Å²) in [5, 5.41) is 2.87. The van der Waals surface area contributed by atoms with Crippen molar-refractivity contribution in [2.45, 2.75) is 12.8 Å². The zero-order valence-electron chi connectivity index (χ0n) is 21.3. The lowest BCUT2D eigenvalue weighted by Crippen LogP contribution is -2.35. The molecule has 2 amide bonds. The van der Waals surface area contributed by atoms with Crippen LogP contribution in [0.3, 0.4) is 0 Å². The van der Waals surface area contributed by atoms with E-state index in [4.69, 9.17) is 9.73 Å². The van der Waals surface area contributed by atoms with Crippen molar-refractivity contribution < 1.29 is 19.1 Å². The molecule has 0 saturated heterocycles. The maximum atomic E-state index is 13.2. The van der Waals surface area contributed by atoms with Gasteiger partial charge < -0.3 is 19.9 Å². The van der Waals surface area contributed by atoms with E-state index in [1.807, 2.05) is 49.3 Å². The molecule has 37 heavy (non-hydrogen) atoms. The number of pyridine rings is 1. The zero-order valence-corrected chi connectivity index (χ0v) is 21.3. The number of benzene rings is 2. The first-order valence-electron chi connectivity index (χ1n) is 11.8. The van der Waals surface area contributed by atoms with Gasteiger partial charge in [-0.25, -0.2) is 4.79 Å². The van der Waals surface area contributed by atoms with E-state index in [-0.39, 0.29) is 11.8 Å². The summed E-state index contributed by atoms with van der Waals surface area (Å²) in [4.78, 5) is 50.2. The molecule has 1 aliphatic heterocycles. The van der Waals surface area contributed by atoms with Crippen LogP contribution in [0.5, 0.6) is 0 Å². The summed E-state index contributed by atoms with van der Waals surface area (Å²) in [5.74, 6) is -1.46. The van der Waals surface area contributed by atoms with Gasteiger partial charge in [0.2, 0.25) is 11.8 Å². The first-order valence-corrected chi connectivity index (χ1v) is 11.8. The number of methoxy groups -OCH3 is 1. The van der Waals surface area contributed by atoms with E-state index in [1.165, 1.54) is 7.11 Å². The van der Waals surface area contributed by atoms with Gasteiger partial charge in [-0.05, 0) is 62.1 Å². The number of nitrogens with one attached hydrogen (secondary N) is 1. The highest BCUT2D eigenvalue weighted by atomic mass is 16.5. The standard InChI is InChI=1S/C28H29N5O4/c1-18(34)33(15-14-32(2)3)22-10-8-21(9-11-22)30-26(20-6-5-13-29-17-20)25-23-12-7-19(28(36)37-4)16-24(23)31-27(25)35/h5-13,16-17,25H,14-15H2,1-4H3,(H,31,35). The van der Waals surface area contributed by atoms with Gasteiger partial charge >= 0.3 is 5.97 Å². The van der Waals surface area contributed by atoms with Crippen LogP contribution in [-0.4, -0.2) is 67.7 Å². The molecule has 9 nitrogen and oxygen atoms in total. The number of esters is 1. The minimum Gasteiger partial charge on any atom is -0.465 e. The van der Waals surface area contributed by atoms with Crippen molar-refractivity contribution in [2.24, 2.45) is 4.99 Å². The zero-order chi connectivity index (χ0) is 26.5. The van der Waals surface area contributed by atoms with Gasteiger partial charge in [-0.3, -0.25) is 19.6 Å². The summed E-state index contributed by atoms with van der Waals surface area (Å²) >= 11 is 0. The number of hydrogen-bond donors (Lipinski definition) is 1. The number of rotatable bonds is 8. The van der Waals surface area contributed by atoms with Crippen molar-refractivity contribution >= 4 is 40.6 Å². The summed E-state index contributed by atoms with van der Waals surface area (Å²) in [5.41, 5.74) is 4.24. The fourth-order valence-corrected chi connectivity index (χ4v) is 4.20. The minimum absolute atomic E-state index is 0.0419. The molecule has 3 aromatic rings. The number of fused-ring (bicyclic) bond motifs is 1. The number of carbonyl (C=O) groups is 3. The normalized spacial score (nSPS) is 14.8. The van der Waals surface area contributed by atoms with Gasteiger partial charge in [0.25, 0.3) is 0 Å². The topological polar surface area (TPSA) is 104 Å². The molecule has 1 atom stereocenters. The molecule has 0 saturated carbocycles. The molecule has 2 aromatic carbocycles. The Kier molecular flexibility index (Phi) is 7.74. The third kappa shape index (κ3) is 5.73. The van der Waals surface area contributed by atoms with Gasteiger partial charge in [-0.2, -0.15) is 0 Å². The predicted molar refractivity (Wildman–Crippen MR) is 143 cm³/mol. The average Bonchev–Trinajstić information content (AvgIpc) is 3.22. The SMILES string of the molecule is COC(=O)c1ccc2c(c1)NC(=O)C2C(=Nc1ccc(N(CCN(C)C)C(C)=O)cc1)c1cccnc1. The largest absolute Gasteiger partial charge is 0.465 e. The second kappa shape index (κ2) is 11.1. The Bertz CT molecular complexity index is 1340. The van der Waals surface area contributed by atoms with Crippen molar-refractivity contribution in [1.29, 1.82) is 0 Å². The molecule has 1 unspecified atom stereocenters. The Morgan fingerprint density at radius 1 is 1.05 bits per heavy atom. The number of hydrogen-bond acceptors (Lipinski definition) is 7. The van der Waals surface area contributed by atoms with Gasteiger partial charge in [0.05, 0.1) is 24.1 Å². The molecule has 0 radical (unpaired) electrons. The summed E-state index contributed by atoms with van der Waals surface area (Å²) in [7, 11) is 5.24. The number of aliphatic imine (C=N–C) groups is 1. The molecular formula is C28H29N5O4. The molecule has 1 N–H and O–H groups in total. The lowest BCUT2D eigenvalue weighted by Gasteiger charge is -2.23. The van der Waals surface area contributed by atoms with Gasteiger partial charge in [0, 0.05) is 49.3 Å². The molecular weight excluding hydrogens is 470 g/mol. The number of nitrogens with zero attached hydrogens (tertiary/aromatic N) is 4. The third-order valence-electron chi connectivity index (χ3n) is 6.10. The van der Waals surface area contributed by atoms with E-state index in [2.05, 4.69) is 10.3 Å². The highest BCUT2D eigenvalue weighted by Crippen LogP contribution is 2.37. The molecule has 0 spiro atoms. The predicted octanol–water partition coefficient (Wildman–Crippen LogP) is 3.64. The summed E-state index contributed by atoms with van der Waals surface area (Å²) in [6, 6.07) is 16.0. The van der Waals surface area contributed by atoms with Gasteiger partial charge in [-0.15, -0.1) is 0 Å². The fourth-order valence-electron chi connectivity index (χ4n) is 4.20. The van der Waals surface area contributed by atoms with Crippen molar-refractivity contribution in [3.05, 3.63) is 83.7 Å². The highest BCUT2D eigenvalue weighted by molar-refractivity contribution is 6.24. The maximum absolute atomic E-state index is 13.2. The Morgan fingerprint density at radius 2 is 1.81 bits per heavy atom. The number of anilines is 2. The molecule has 0 fully saturated rings. The Hall–Kier alpha value is -4.37. The van der Waals surface area contributed by atoms with Crippen molar-refractivity contribution in [1.82, 2.24) is 9.88 Å². The second-order valence-electron chi connectivity index (χ2n) is 8.94. The maximum Gasteiger partial charge on any atom is 0.337 e. The molecule has 2 heterocycles. The highest BCUT2D eigenvalue weighted by Gasteiger charge is 2.36. The van der Waals surface area contributed by atoms with E-state index in [0.717, 1.165) is 12.2 Å². The molecule has 9 heteroatoms. The van der Waals surface area contributed by atoms with Crippen LogP contribution in [0.4, 0.5) is 17.1 Å². The van der Waals surface area contributed by atoms with Gasteiger partial charge in [-0.1, -0.05) is 12.1 Å². The molecule has 1 aromatic heterocycles. The van der Waals surface area contributed by atoms with E-state index in [1.54, 1.807) is 48.5 Å². The number of amides is 2. The molecule has 190 valence electrons. The second-order valence-corrected chi connectivity index (χ2v) is 8.94. The summed E-state index contributed by atoms with van der Waals surface area (Å²) in [6.07, 6.45) is 3.32. The Morgan fingerprint density at radius 3 is 2.43 bits per heavy atom. The summed E-state index contributed by atoms with van der Waals surface area (Å²) < 4.78 is 4.80. The monoisotopic (exact) mass is 499 g/mol. The van der Waals surface area contributed by atoms with E-state index < -0.39 is 11.9 Å². The van der Waals surface area contributed by atoms with Crippen molar-refractivity contribution in [3.63, 3.8) is 0 Å². The number of likely N-dealkylation sites (N-methyl/N-ethyl adjacent to an activating group) is 1. The van der Waals surface area contributed by atoms with Gasteiger partial charge in [0.1, 0.15) is 5.92 Å². The van der Waals surface area contributed by atoms with Crippen LogP contribution in [0.15, 0.2) is 72.0 Å². The number of ether oxygens (including phenoxy) is 1. The molecule has 0 aliphatic carbocycles. The number of carbonyl (C=O) groups excluding carboxylic acids is 3. The molecule has 0 bridgehead atoms. The van der Waals surface area contributed by atoms with Crippen molar-refractivity contribution in [3.8, 4) is 0 Å². The Labute approximate surface area is 215 Å². The first kappa shape index (κ1) is 25.7. The number of aromatic nitrogens is 1.